The Labute approximate surface area is 106 Å². The van der Waals surface area contributed by atoms with Gasteiger partial charge in [0.15, 0.2) is 0 Å². The van der Waals surface area contributed by atoms with Crippen LogP contribution in [0.3, 0.4) is 0 Å². The fourth-order valence-electron chi connectivity index (χ4n) is 3.56. The van der Waals surface area contributed by atoms with Gasteiger partial charge in [-0.2, -0.15) is 14.6 Å². The zero-order valence-electron chi connectivity index (χ0n) is 10.6. The predicted molar refractivity (Wildman–Crippen MR) is 68.6 cm³/mol. The van der Waals surface area contributed by atoms with Gasteiger partial charge in [-0.3, -0.25) is 0 Å². The van der Waals surface area contributed by atoms with Gasteiger partial charge in [0.1, 0.15) is 12.1 Å². The lowest BCUT2D eigenvalue weighted by Crippen LogP contribution is -2.24. The molecule has 0 radical (unpaired) electrons. The lowest BCUT2D eigenvalue weighted by atomic mass is 10.0. The van der Waals surface area contributed by atoms with E-state index >= 15 is 0 Å². The molecule has 1 aliphatic carbocycles. The highest BCUT2D eigenvalue weighted by Crippen LogP contribution is 2.39. The van der Waals surface area contributed by atoms with E-state index < -0.39 is 0 Å². The molecular weight excluding hydrogens is 226 g/mol. The van der Waals surface area contributed by atoms with Crippen molar-refractivity contribution in [2.45, 2.75) is 26.2 Å². The van der Waals surface area contributed by atoms with Crippen molar-refractivity contribution < 1.29 is 0 Å². The van der Waals surface area contributed by atoms with Gasteiger partial charge in [0.05, 0.1) is 0 Å². The van der Waals surface area contributed by atoms with E-state index in [1.165, 1.54) is 32.4 Å². The second kappa shape index (κ2) is 3.67. The highest BCUT2D eigenvalue weighted by atomic mass is 15.4. The molecule has 0 aromatic carbocycles. The lowest BCUT2D eigenvalue weighted by molar-refractivity contribution is 0.494. The Bertz CT molecular complexity index is 578. The second-order valence-corrected chi connectivity index (χ2v) is 5.58. The molecule has 2 unspecified atom stereocenters. The van der Waals surface area contributed by atoms with E-state index in [1.807, 2.05) is 11.4 Å². The molecule has 1 aliphatic heterocycles. The normalized spacial score (nSPS) is 27.1. The van der Waals surface area contributed by atoms with E-state index in [0.717, 1.165) is 23.3 Å². The Kier molecular flexibility index (Phi) is 2.10. The van der Waals surface area contributed by atoms with Crippen LogP contribution in [0.2, 0.25) is 0 Å². The summed E-state index contributed by atoms with van der Waals surface area (Å²) in [5.41, 5.74) is 1.02. The molecule has 2 atom stereocenters. The molecule has 94 valence electrons. The first kappa shape index (κ1) is 10.3. The van der Waals surface area contributed by atoms with Crippen molar-refractivity contribution in [3.63, 3.8) is 0 Å². The summed E-state index contributed by atoms with van der Waals surface area (Å²) in [6, 6.07) is 2.13. The second-order valence-electron chi connectivity index (χ2n) is 5.58. The SMILES string of the molecule is Cc1cc(N2CC3CCCC3C2)n2ncnc2n1. The van der Waals surface area contributed by atoms with Crippen LogP contribution in [0.25, 0.3) is 5.78 Å². The zero-order chi connectivity index (χ0) is 12.1. The average Bonchev–Trinajstić information content (AvgIpc) is 3.01. The Hall–Kier alpha value is -1.65. The standard InChI is InChI=1S/C13H17N5/c1-9-5-12(18-13(16-9)14-8-15-18)17-6-10-3-2-4-11(10)7-17/h5,8,10-11H,2-4,6-7H2,1H3. The van der Waals surface area contributed by atoms with Crippen LogP contribution < -0.4 is 4.90 Å². The number of rotatable bonds is 1. The molecule has 1 saturated heterocycles. The van der Waals surface area contributed by atoms with Crippen LogP contribution in [0.4, 0.5) is 5.82 Å². The van der Waals surface area contributed by atoms with E-state index in [0.29, 0.717) is 5.78 Å². The van der Waals surface area contributed by atoms with Crippen molar-refractivity contribution in [1.29, 1.82) is 0 Å². The van der Waals surface area contributed by atoms with Crippen LogP contribution in [-0.4, -0.2) is 32.7 Å². The quantitative estimate of drug-likeness (QED) is 0.764. The molecule has 5 nitrogen and oxygen atoms in total. The number of fused-ring (bicyclic) bond motifs is 2. The van der Waals surface area contributed by atoms with Crippen LogP contribution in [0.1, 0.15) is 25.0 Å². The molecule has 1 saturated carbocycles. The summed E-state index contributed by atoms with van der Waals surface area (Å²) < 4.78 is 1.87. The molecule has 5 heteroatoms. The first-order valence-electron chi connectivity index (χ1n) is 6.73. The van der Waals surface area contributed by atoms with Gasteiger partial charge in [-0.05, 0) is 31.6 Å². The number of hydrogen-bond acceptors (Lipinski definition) is 4. The van der Waals surface area contributed by atoms with E-state index in [2.05, 4.69) is 26.0 Å². The maximum absolute atomic E-state index is 4.40. The van der Waals surface area contributed by atoms with E-state index in [1.54, 1.807) is 6.33 Å². The minimum Gasteiger partial charge on any atom is -0.356 e. The summed E-state index contributed by atoms with van der Waals surface area (Å²) in [6.07, 6.45) is 5.79. The van der Waals surface area contributed by atoms with Crippen molar-refractivity contribution in [2.24, 2.45) is 11.8 Å². The molecule has 2 aliphatic rings. The predicted octanol–water partition coefficient (Wildman–Crippen LogP) is 1.67. The summed E-state index contributed by atoms with van der Waals surface area (Å²) in [6.45, 7) is 4.36. The van der Waals surface area contributed by atoms with E-state index in [4.69, 9.17) is 0 Å². The maximum atomic E-state index is 4.40. The van der Waals surface area contributed by atoms with Gasteiger partial charge in [0, 0.05) is 24.8 Å². The zero-order valence-corrected chi connectivity index (χ0v) is 10.6. The number of aryl methyl sites for hydroxylation is 1. The number of aromatic nitrogens is 4. The molecule has 0 spiro atoms. The molecule has 18 heavy (non-hydrogen) atoms. The topological polar surface area (TPSA) is 46.3 Å². The van der Waals surface area contributed by atoms with Crippen LogP contribution in [0.5, 0.6) is 0 Å². The molecule has 0 N–H and O–H groups in total. The Balaban J connectivity index is 1.76. The van der Waals surface area contributed by atoms with Crippen molar-refractivity contribution >= 4 is 11.6 Å². The van der Waals surface area contributed by atoms with Crippen LogP contribution in [0, 0.1) is 18.8 Å². The van der Waals surface area contributed by atoms with Crippen molar-refractivity contribution in [2.75, 3.05) is 18.0 Å². The highest BCUT2D eigenvalue weighted by Gasteiger charge is 2.37. The summed E-state index contributed by atoms with van der Waals surface area (Å²) >= 11 is 0. The molecule has 2 fully saturated rings. The van der Waals surface area contributed by atoms with Gasteiger partial charge < -0.3 is 4.90 Å². The van der Waals surface area contributed by atoms with Crippen LogP contribution in [0.15, 0.2) is 12.4 Å². The van der Waals surface area contributed by atoms with Gasteiger partial charge in [-0.1, -0.05) is 6.42 Å². The average molecular weight is 243 g/mol. The van der Waals surface area contributed by atoms with Crippen molar-refractivity contribution in [3.05, 3.63) is 18.1 Å². The largest absolute Gasteiger partial charge is 0.356 e. The Morgan fingerprint density at radius 1 is 1.22 bits per heavy atom. The third-order valence-electron chi connectivity index (χ3n) is 4.41. The number of nitrogens with zero attached hydrogens (tertiary/aromatic N) is 5. The molecule has 4 rings (SSSR count). The van der Waals surface area contributed by atoms with Gasteiger partial charge in [-0.25, -0.2) is 4.98 Å². The lowest BCUT2D eigenvalue weighted by Gasteiger charge is -2.20. The first-order chi connectivity index (χ1) is 8.81. The van der Waals surface area contributed by atoms with Crippen LogP contribution in [-0.2, 0) is 0 Å². The molecule has 0 amide bonds. The molecule has 2 aromatic heterocycles. The van der Waals surface area contributed by atoms with Gasteiger partial charge in [-0.15, -0.1) is 0 Å². The molecule has 2 aromatic rings. The van der Waals surface area contributed by atoms with Gasteiger partial charge in [0.2, 0.25) is 0 Å². The Morgan fingerprint density at radius 3 is 2.78 bits per heavy atom. The fourth-order valence-corrected chi connectivity index (χ4v) is 3.56. The summed E-state index contributed by atoms with van der Waals surface area (Å²) in [4.78, 5) is 11.1. The minimum atomic E-state index is 0.710. The highest BCUT2D eigenvalue weighted by molar-refractivity contribution is 5.48. The first-order valence-corrected chi connectivity index (χ1v) is 6.73. The monoisotopic (exact) mass is 243 g/mol. The minimum absolute atomic E-state index is 0.710. The summed E-state index contributed by atoms with van der Waals surface area (Å²) in [5.74, 6) is 3.64. The number of hydrogen-bond donors (Lipinski definition) is 0. The van der Waals surface area contributed by atoms with Crippen LogP contribution >= 0.6 is 0 Å². The van der Waals surface area contributed by atoms with Gasteiger partial charge in [0.25, 0.3) is 5.78 Å². The molecule has 0 bridgehead atoms. The molecule has 3 heterocycles. The maximum Gasteiger partial charge on any atom is 0.254 e. The van der Waals surface area contributed by atoms with Gasteiger partial charge >= 0.3 is 0 Å². The summed E-state index contributed by atoms with van der Waals surface area (Å²) in [7, 11) is 0. The molecular formula is C13H17N5. The van der Waals surface area contributed by atoms with Crippen molar-refractivity contribution in [1.82, 2.24) is 19.6 Å². The fraction of sp³-hybridized carbons (Fsp3) is 0.615. The van der Waals surface area contributed by atoms with E-state index in [-0.39, 0.29) is 0 Å². The Morgan fingerprint density at radius 2 is 2.00 bits per heavy atom. The third kappa shape index (κ3) is 1.43. The summed E-state index contributed by atoms with van der Waals surface area (Å²) in [5, 5.41) is 4.30. The van der Waals surface area contributed by atoms with E-state index in [9.17, 15) is 0 Å². The third-order valence-corrected chi connectivity index (χ3v) is 4.41. The smallest absolute Gasteiger partial charge is 0.254 e. The number of anilines is 1. The van der Waals surface area contributed by atoms with Crippen molar-refractivity contribution in [3.8, 4) is 0 Å².